The quantitative estimate of drug-likeness (QED) is 0.812. The Balaban J connectivity index is 2.72. The Labute approximate surface area is 109 Å². The molecular weight excluding hydrogens is 232 g/mol. The van der Waals surface area contributed by atoms with Crippen LogP contribution in [0.15, 0.2) is 0 Å². The summed E-state index contributed by atoms with van der Waals surface area (Å²) in [6.45, 7) is 8.13. The van der Waals surface area contributed by atoms with Crippen LogP contribution in [-0.4, -0.2) is 40.1 Å². The van der Waals surface area contributed by atoms with Crippen molar-refractivity contribution >= 4 is 12.0 Å². The van der Waals surface area contributed by atoms with Crippen molar-refractivity contribution in [3.05, 3.63) is 0 Å². The molecule has 0 spiro atoms. The number of rotatable bonds is 3. The first-order valence-corrected chi connectivity index (χ1v) is 6.62. The molecule has 2 amide bonds. The fourth-order valence-electron chi connectivity index (χ4n) is 2.17. The van der Waals surface area contributed by atoms with Crippen LogP contribution in [-0.2, 0) is 4.79 Å². The molecule has 1 saturated heterocycles. The lowest BCUT2D eigenvalue weighted by molar-refractivity contribution is -0.143. The van der Waals surface area contributed by atoms with Crippen molar-refractivity contribution in [1.29, 1.82) is 0 Å². The van der Waals surface area contributed by atoms with Crippen LogP contribution in [0.25, 0.3) is 0 Å². The summed E-state index contributed by atoms with van der Waals surface area (Å²) in [5.41, 5.74) is -1.18. The van der Waals surface area contributed by atoms with Crippen molar-refractivity contribution < 1.29 is 14.7 Å². The summed E-state index contributed by atoms with van der Waals surface area (Å²) >= 11 is 0. The van der Waals surface area contributed by atoms with E-state index < -0.39 is 11.5 Å². The van der Waals surface area contributed by atoms with Crippen molar-refractivity contribution in [3.63, 3.8) is 0 Å². The topological polar surface area (TPSA) is 69.6 Å². The zero-order chi connectivity index (χ0) is 13.9. The second-order valence-corrected chi connectivity index (χ2v) is 5.60. The highest BCUT2D eigenvalue weighted by atomic mass is 16.4. The van der Waals surface area contributed by atoms with Gasteiger partial charge in [-0.25, -0.2) is 9.59 Å². The van der Waals surface area contributed by atoms with Gasteiger partial charge in [-0.05, 0) is 39.0 Å². The predicted octanol–water partition coefficient (Wildman–Crippen LogP) is 2.07. The number of hydrogen-bond acceptors (Lipinski definition) is 2. The van der Waals surface area contributed by atoms with Crippen LogP contribution < -0.4 is 5.32 Å². The zero-order valence-electron chi connectivity index (χ0n) is 11.7. The van der Waals surface area contributed by atoms with Crippen molar-refractivity contribution in [3.8, 4) is 0 Å². The van der Waals surface area contributed by atoms with E-state index in [9.17, 15) is 9.59 Å². The number of likely N-dealkylation sites (tertiary alicyclic amines) is 1. The summed E-state index contributed by atoms with van der Waals surface area (Å²) in [4.78, 5) is 25.1. The fraction of sp³-hybridized carbons (Fsp3) is 0.846. The van der Waals surface area contributed by atoms with Gasteiger partial charge >= 0.3 is 12.0 Å². The molecule has 1 aliphatic rings. The first-order chi connectivity index (χ1) is 8.30. The summed E-state index contributed by atoms with van der Waals surface area (Å²) in [6, 6.07) is -0.0862. The first kappa shape index (κ1) is 14.8. The van der Waals surface area contributed by atoms with E-state index in [1.54, 1.807) is 18.7 Å². The number of hydrogen-bond donors (Lipinski definition) is 2. The molecule has 18 heavy (non-hydrogen) atoms. The Hall–Kier alpha value is -1.26. The maximum absolute atomic E-state index is 12.2. The third-order valence-corrected chi connectivity index (χ3v) is 3.94. The van der Waals surface area contributed by atoms with Gasteiger partial charge in [0.15, 0.2) is 0 Å². The van der Waals surface area contributed by atoms with Crippen LogP contribution in [0.5, 0.6) is 0 Å². The molecule has 0 bridgehead atoms. The maximum Gasteiger partial charge on any atom is 0.329 e. The largest absolute Gasteiger partial charge is 0.480 e. The molecule has 1 heterocycles. The van der Waals surface area contributed by atoms with E-state index in [-0.39, 0.29) is 12.1 Å². The molecule has 3 unspecified atom stereocenters. The number of aliphatic carboxylic acids is 1. The Morgan fingerprint density at radius 1 is 1.39 bits per heavy atom. The molecule has 1 aliphatic heterocycles. The van der Waals surface area contributed by atoms with Gasteiger partial charge in [0.25, 0.3) is 0 Å². The molecule has 0 aromatic heterocycles. The van der Waals surface area contributed by atoms with Gasteiger partial charge in [0, 0.05) is 12.6 Å². The average molecular weight is 256 g/mol. The van der Waals surface area contributed by atoms with Gasteiger partial charge in [-0.2, -0.15) is 0 Å². The lowest BCUT2D eigenvalue weighted by Gasteiger charge is -2.38. The van der Waals surface area contributed by atoms with Crippen molar-refractivity contribution in [2.24, 2.45) is 5.92 Å². The van der Waals surface area contributed by atoms with E-state index in [1.807, 2.05) is 6.92 Å². The minimum atomic E-state index is -1.18. The number of urea groups is 1. The van der Waals surface area contributed by atoms with Crippen LogP contribution in [0, 0.1) is 5.92 Å². The normalized spacial score (nSPS) is 27.4. The highest BCUT2D eigenvalue weighted by molar-refractivity contribution is 5.86. The molecule has 0 aromatic carbocycles. The SMILES string of the molecule is CCC(C)(NC(=O)N1CC(C)CCC1C)C(=O)O. The number of carbonyl (C=O) groups excluding carboxylic acids is 1. The van der Waals surface area contributed by atoms with Gasteiger partial charge in [-0.1, -0.05) is 13.8 Å². The Morgan fingerprint density at radius 3 is 2.50 bits per heavy atom. The standard InChI is InChI=1S/C13H24N2O3/c1-5-13(4,11(16)17)14-12(18)15-8-9(2)6-7-10(15)3/h9-10H,5-8H2,1-4H3,(H,14,18)(H,16,17). The molecule has 104 valence electrons. The Morgan fingerprint density at radius 2 is 2.00 bits per heavy atom. The van der Waals surface area contributed by atoms with Crippen LogP contribution in [0.4, 0.5) is 4.79 Å². The fourth-order valence-corrected chi connectivity index (χ4v) is 2.17. The minimum Gasteiger partial charge on any atom is -0.480 e. The van der Waals surface area contributed by atoms with Crippen molar-refractivity contribution in [2.75, 3.05) is 6.54 Å². The van der Waals surface area contributed by atoms with Gasteiger partial charge in [0.05, 0.1) is 0 Å². The molecule has 0 saturated carbocycles. The molecule has 2 N–H and O–H groups in total. The molecule has 5 nitrogen and oxygen atoms in total. The van der Waals surface area contributed by atoms with Gasteiger partial charge in [-0.3, -0.25) is 0 Å². The molecule has 3 atom stereocenters. The van der Waals surface area contributed by atoms with Crippen molar-refractivity contribution in [2.45, 2.75) is 58.5 Å². The highest BCUT2D eigenvalue weighted by Crippen LogP contribution is 2.22. The number of nitrogens with one attached hydrogen (secondary N) is 1. The van der Waals surface area contributed by atoms with E-state index in [0.717, 1.165) is 12.8 Å². The molecular formula is C13H24N2O3. The lowest BCUT2D eigenvalue weighted by Crippen LogP contribution is -2.58. The van der Waals surface area contributed by atoms with Crippen LogP contribution in [0.3, 0.4) is 0 Å². The van der Waals surface area contributed by atoms with Gasteiger partial charge in [-0.15, -0.1) is 0 Å². The zero-order valence-corrected chi connectivity index (χ0v) is 11.7. The minimum absolute atomic E-state index is 0.177. The van der Waals surface area contributed by atoms with Gasteiger partial charge in [0.1, 0.15) is 5.54 Å². The van der Waals surface area contributed by atoms with E-state index in [0.29, 0.717) is 18.9 Å². The smallest absolute Gasteiger partial charge is 0.329 e. The molecule has 1 rings (SSSR count). The number of piperidine rings is 1. The third-order valence-electron chi connectivity index (χ3n) is 3.94. The molecule has 1 fully saturated rings. The van der Waals surface area contributed by atoms with Crippen LogP contribution in [0.1, 0.15) is 47.0 Å². The number of amides is 2. The number of carboxylic acids is 1. The molecule has 0 aliphatic carbocycles. The summed E-state index contributed by atoms with van der Waals surface area (Å²) in [5, 5.41) is 11.8. The Kier molecular flexibility index (Phi) is 4.59. The summed E-state index contributed by atoms with van der Waals surface area (Å²) in [7, 11) is 0. The predicted molar refractivity (Wildman–Crippen MR) is 69.4 cm³/mol. The number of carbonyl (C=O) groups is 2. The highest BCUT2D eigenvalue weighted by Gasteiger charge is 2.36. The summed E-state index contributed by atoms with van der Waals surface area (Å²) < 4.78 is 0. The average Bonchev–Trinajstić information content (AvgIpc) is 2.31. The number of carboxylic acid groups (broad SMARTS) is 1. The first-order valence-electron chi connectivity index (χ1n) is 6.62. The van der Waals surface area contributed by atoms with Crippen LogP contribution in [0.2, 0.25) is 0 Å². The Bertz CT molecular complexity index is 332. The van der Waals surface area contributed by atoms with Gasteiger partial charge in [0.2, 0.25) is 0 Å². The molecule has 0 radical (unpaired) electrons. The maximum atomic E-state index is 12.2. The van der Waals surface area contributed by atoms with E-state index in [1.165, 1.54) is 0 Å². The third kappa shape index (κ3) is 3.15. The second kappa shape index (κ2) is 5.59. The molecule has 5 heteroatoms. The lowest BCUT2D eigenvalue weighted by atomic mass is 9.95. The summed E-state index contributed by atoms with van der Waals surface area (Å²) in [5.74, 6) is -0.513. The summed E-state index contributed by atoms with van der Waals surface area (Å²) in [6.07, 6.45) is 2.46. The van der Waals surface area contributed by atoms with E-state index >= 15 is 0 Å². The number of nitrogens with zero attached hydrogens (tertiary/aromatic N) is 1. The van der Waals surface area contributed by atoms with Crippen molar-refractivity contribution in [1.82, 2.24) is 10.2 Å². The second-order valence-electron chi connectivity index (χ2n) is 5.60. The monoisotopic (exact) mass is 256 g/mol. The van der Waals surface area contributed by atoms with E-state index in [2.05, 4.69) is 12.2 Å². The van der Waals surface area contributed by atoms with Crippen LogP contribution >= 0.6 is 0 Å². The van der Waals surface area contributed by atoms with E-state index in [4.69, 9.17) is 5.11 Å². The van der Waals surface area contributed by atoms with Gasteiger partial charge < -0.3 is 15.3 Å². The molecule has 0 aromatic rings.